The summed E-state index contributed by atoms with van der Waals surface area (Å²) in [7, 11) is 0. The van der Waals surface area contributed by atoms with Crippen molar-refractivity contribution in [2.45, 2.75) is 16.7 Å². The first-order valence-corrected chi connectivity index (χ1v) is 10.7. The normalized spacial score (nSPS) is 11.8. The molecule has 0 spiro atoms. The van der Waals surface area contributed by atoms with Crippen LogP contribution in [0.2, 0.25) is 5.02 Å². The van der Waals surface area contributed by atoms with Gasteiger partial charge in [0.05, 0.1) is 12.2 Å². The average molecular weight is 455 g/mol. The molecule has 8 heteroatoms. The van der Waals surface area contributed by atoms with Crippen molar-refractivity contribution in [3.05, 3.63) is 71.2 Å². The Balaban J connectivity index is 1.44. The first-order valence-electron chi connectivity index (χ1n) is 9.50. The zero-order valence-corrected chi connectivity index (χ0v) is 18.2. The number of para-hydroxylation sites is 1. The zero-order valence-electron chi connectivity index (χ0n) is 16.6. The second-order valence-electron chi connectivity index (χ2n) is 6.76. The summed E-state index contributed by atoms with van der Waals surface area (Å²) in [6.45, 7) is 1.56. The van der Waals surface area contributed by atoms with E-state index in [0.29, 0.717) is 33.5 Å². The molecule has 0 saturated carbocycles. The summed E-state index contributed by atoms with van der Waals surface area (Å²) in [6, 6.07) is 18.4. The maximum atomic E-state index is 12.6. The Morgan fingerprint density at radius 2 is 1.71 bits per heavy atom. The standard InChI is InChI=1S/C23H19ClN2O4S/c1-14(27)17-10-20-21(30-13-29-20)11-19(17)25-12-23(28)26-18-4-2-3-5-22(18)31-16-8-6-15(24)7-9-16/h2-11,25H,12-13H2,1H3,(H,26,28). The molecule has 1 aliphatic heterocycles. The number of fused-ring (bicyclic) bond motifs is 1. The van der Waals surface area contributed by atoms with Crippen LogP contribution in [0.5, 0.6) is 11.5 Å². The summed E-state index contributed by atoms with van der Waals surface area (Å²) in [5.74, 6) is 0.688. The van der Waals surface area contributed by atoms with Gasteiger partial charge >= 0.3 is 0 Å². The van der Waals surface area contributed by atoms with Gasteiger partial charge in [-0.3, -0.25) is 9.59 Å². The summed E-state index contributed by atoms with van der Waals surface area (Å²) in [5, 5.41) is 6.63. The van der Waals surface area contributed by atoms with Crippen LogP contribution in [0.4, 0.5) is 11.4 Å². The minimum atomic E-state index is -0.240. The van der Waals surface area contributed by atoms with E-state index < -0.39 is 0 Å². The number of ether oxygens (including phenoxy) is 2. The highest BCUT2D eigenvalue weighted by atomic mass is 35.5. The molecule has 0 unspecified atom stereocenters. The van der Waals surface area contributed by atoms with Gasteiger partial charge in [-0.1, -0.05) is 35.5 Å². The lowest BCUT2D eigenvalue weighted by Gasteiger charge is -2.13. The molecule has 0 radical (unpaired) electrons. The molecule has 0 aromatic heterocycles. The van der Waals surface area contributed by atoms with Crippen molar-refractivity contribution in [3.63, 3.8) is 0 Å². The number of halogens is 1. The third-order valence-corrected chi connectivity index (χ3v) is 5.87. The molecule has 1 aliphatic rings. The maximum Gasteiger partial charge on any atom is 0.243 e. The number of amides is 1. The number of rotatable bonds is 7. The van der Waals surface area contributed by atoms with Crippen LogP contribution in [0.15, 0.2) is 70.5 Å². The molecule has 0 fully saturated rings. The topological polar surface area (TPSA) is 76.7 Å². The molecule has 3 aromatic rings. The van der Waals surface area contributed by atoms with Gasteiger partial charge in [-0.05, 0) is 49.4 Å². The highest BCUT2D eigenvalue weighted by Gasteiger charge is 2.19. The Labute approximate surface area is 188 Å². The Kier molecular flexibility index (Phi) is 6.34. The van der Waals surface area contributed by atoms with E-state index in [1.54, 1.807) is 12.1 Å². The number of carbonyl (C=O) groups is 2. The summed E-state index contributed by atoms with van der Waals surface area (Å²) in [6.07, 6.45) is 0. The fourth-order valence-electron chi connectivity index (χ4n) is 3.04. The van der Waals surface area contributed by atoms with Gasteiger partial charge in [0.1, 0.15) is 0 Å². The molecule has 0 atom stereocenters. The number of anilines is 2. The predicted octanol–water partition coefficient (Wildman–Crippen LogP) is 5.47. The van der Waals surface area contributed by atoms with Gasteiger partial charge in [0.25, 0.3) is 0 Å². The van der Waals surface area contributed by atoms with Crippen molar-refractivity contribution in [1.82, 2.24) is 0 Å². The molecule has 158 valence electrons. The number of hydrogen-bond acceptors (Lipinski definition) is 6. The van der Waals surface area contributed by atoms with E-state index in [2.05, 4.69) is 10.6 Å². The van der Waals surface area contributed by atoms with Gasteiger partial charge in [-0.25, -0.2) is 0 Å². The van der Waals surface area contributed by atoms with E-state index in [-0.39, 0.29) is 25.0 Å². The van der Waals surface area contributed by atoms with Crippen LogP contribution in [-0.2, 0) is 4.79 Å². The average Bonchev–Trinajstić information content (AvgIpc) is 3.22. The number of carbonyl (C=O) groups excluding carboxylic acids is 2. The third kappa shape index (κ3) is 5.13. The molecule has 3 aromatic carbocycles. The number of hydrogen-bond donors (Lipinski definition) is 2. The Morgan fingerprint density at radius 3 is 2.45 bits per heavy atom. The van der Waals surface area contributed by atoms with E-state index in [9.17, 15) is 9.59 Å². The second-order valence-corrected chi connectivity index (χ2v) is 8.31. The lowest BCUT2D eigenvalue weighted by molar-refractivity contribution is -0.114. The molecule has 1 heterocycles. The molecular weight excluding hydrogens is 436 g/mol. The van der Waals surface area contributed by atoms with E-state index in [1.807, 2.05) is 48.5 Å². The first kappa shape index (κ1) is 21.1. The van der Waals surface area contributed by atoms with Gasteiger partial charge in [0.2, 0.25) is 12.7 Å². The van der Waals surface area contributed by atoms with E-state index in [4.69, 9.17) is 21.1 Å². The van der Waals surface area contributed by atoms with Crippen LogP contribution in [0.1, 0.15) is 17.3 Å². The largest absolute Gasteiger partial charge is 0.454 e. The minimum Gasteiger partial charge on any atom is -0.454 e. The summed E-state index contributed by atoms with van der Waals surface area (Å²) in [4.78, 5) is 26.5. The van der Waals surface area contributed by atoms with Crippen molar-refractivity contribution >= 4 is 46.4 Å². The van der Waals surface area contributed by atoms with Crippen molar-refractivity contribution in [2.75, 3.05) is 24.0 Å². The van der Waals surface area contributed by atoms with Crippen molar-refractivity contribution in [2.24, 2.45) is 0 Å². The Hall–Kier alpha value is -3.16. The second kappa shape index (κ2) is 9.32. The molecule has 0 saturated heterocycles. The SMILES string of the molecule is CC(=O)c1cc2c(cc1NCC(=O)Nc1ccccc1Sc1ccc(Cl)cc1)OCO2. The highest BCUT2D eigenvalue weighted by Crippen LogP contribution is 2.37. The van der Waals surface area contributed by atoms with Gasteiger partial charge in [-0.2, -0.15) is 0 Å². The van der Waals surface area contributed by atoms with Crippen molar-refractivity contribution < 1.29 is 19.1 Å². The van der Waals surface area contributed by atoms with Gasteiger partial charge in [0.15, 0.2) is 17.3 Å². The number of nitrogens with one attached hydrogen (secondary N) is 2. The number of ketones is 1. The molecule has 6 nitrogen and oxygen atoms in total. The van der Waals surface area contributed by atoms with Crippen LogP contribution in [0.25, 0.3) is 0 Å². The van der Waals surface area contributed by atoms with Crippen molar-refractivity contribution in [1.29, 1.82) is 0 Å². The monoisotopic (exact) mass is 454 g/mol. The van der Waals surface area contributed by atoms with Crippen LogP contribution < -0.4 is 20.1 Å². The lowest BCUT2D eigenvalue weighted by Crippen LogP contribution is -2.22. The van der Waals surface area contributed by atoms with Crippen molar-refractivity contribution in [3.8, 4) is 11.5 Å². The molecule has 31 heavy (non-hydrogen) atoms. The fourth-order valence-corrected chi connectivity index (χ4v) is 4.07. The molecule has 4 rings (SSSR count). The van der Waals surface area contributed by atoms with Crippen LogP contribution >= 0.6 is 23.4 Å². The molecule has 0 bridgehead atoms. The number of Topliss-reactive ketones (excluding diaryl/α,β-unsaturated/α-hetero) is 1. The quantitative estimate of drug-likeness (QED) is 0.461. The van der Waals surface area contributed by atoms with Crippen LogP contribution in [-0.4, -0.2) is 25.0 Å². The summed E-state index contributed by atoms with van der Waals surface area (Å²) in [5.41, 5.74) is 1.66. The Bertz CT molecular complexity index is 1130. The van der Waals surface area contributed by atoms with E-state index in [1.165, 1.54) is 18.7 Å². The Morgan fingerprint density at radius 1 is 1.00 bits per heavy atom. The lowest BCUT2D eigenvalue weighted by atomic mass is 10.1. The van der Waals surface area contributed by atoms with E-state index in [0.717, 1.165) is 9.79 Å². The third-order valence-electron chi connectivity index (χ3n) is 4.53. The molecule has 0 aliphatic carbocycles. The van der Waals surface area contributed by atoms with E-state index >= 15 is 0 Å². The van der Waals surface area contributed by atoms with Crippen LogP contribution in [0, 0.1) is 0 Å². The fraction of sp³-hybridized carbons (Fsp3) is 0.130. The minimum absolute atomic E-state index is 0.0140. The number of benzene rings is 3. The summed E-state index contributed by atoms with van der Waals surface area (Å²) >= 11 is 7.48. The van der Waals surface area contributed by atoms with Crippen LogP contribution in [0.3, 0.4) is 0 Å². The molecule has 2 N–H and O–H groups in total. The maximum absolute atomic E-state index is 12.6. The zero-order chi connectivity index (χ0) is 21.8. The molecule has 1 amide bonds. The summed E-state index contributed by atoms with van der Waals surface area (Å²) < 4.78 is 10.7. The van der Waals surface area contributed by atoms with Gasteiger partial charge in [-0.15, -0.1) is 0 Å². The van der Waals surface area contributed by atoms with Gasteiger partial charge < -0.3 is 20.1 Å². The highest BCUT2D eigenvalue weighted by molar-refractivity contribution is 7.99. The predicted molar refractivity (Wildman–Crippen MR) is 122 cm³/mol. The molecular formula is C23H19ClN2O4S. The first-order chi connectivity index (χ1) is 15.0. The smallest absolute Gasteiger partial charge is 0.243 e. The van der Waals surface area contributed by atoms with Gasteiger partial charge in [0, 0.05) is 32.1 Å².